The van der Waals surface area contributed by atoms with Gasteiger partial charge in [-0.15, -0.1) is 0 Å². The monoisotopic (exact) mass is 205 g/mol. The third-order valence-electron chi connectivity index (χ3n) is 2.22. The molecule has 80 valence electrons. The molecule has 0 aromatic heterocycles. The molecule has 0 saturated carbocycles. The van der Waals surface area contributed by atoms with Crippen LogP contribution in [0.4, 0.5) is 4.39 Å². The van der Waals surface area contributed by atoms with E-state index in [9.17, 15) is 14.6 Å². The van der Waals surface area contributed by atoms with Crippen LogP contribution < -0.4 is 0 Å². The molecular formula is C7H12FN3O3. The lowest BCUT2D eigenvalue weighted by molar-refractivity contribution is -0.0292. The van der Waals surface area contributed by atoms with Gasteiger partial charge in [-0.2, -0.15) is 0 Å². The van der Waals surface area contributed by atoms with E-state index in [1.807, 2.05) is 0 Å². The molecule has 2 N–H and O–H groups in total. The van der Waals surface area contributed by atoms with Gasteiger partial charge in [-0.05, 0) is 12.5 Å². The van der Waals surface area contributed by atoms with Crippen LogP contribution in [0, 0.1) is 0 Å². The van der Waals surface area contributed by atoms with Crippen molar-refractivity contribution in [3.05, 3.63) is 10.4 Å². The van der Waals surface area contributed by atoms with Gasteiger partial charge in [-0.3, -0.25) is 0 Å². The Kier molecular flexibility index (Phi) is 3.65. The third kappa shape index (κ3) is 2.13. The molecule has 0 amide bonds. The topological polar surface area (TPSA) is 98.5 Å². The number of aliphatic hydroxyl groups is 2. The van der Waals surface area contributed by atoms with E-state index in [1.165, 1.54) is 6.92 Å². The van der Waals surface area contributed by atoms with Crippen LogP contribution in [0.1, 0.15) is 6.92 Å². The van der Waals surface area contributed by atoms with E-state index < -0.39 is 37.1 Å². The van der Waals surface area contributed by atoms with E-state index in [4.69, 9.17) is 10.3 Å². The molecule has 6 nitrogen and oxygen atoms in total. The van der Waals surface area contributed by atoms with Crippen molar-refractivity contribution in [3.8, 4) is 0 Å². The van der Waals surface area contributed by atoms with Crippen molar-refractivity contribution in [1.29, 1.82) is 0 Å². The van der Waals surface area contributed by atoms with Crippen LogP contribution in [0.2, 0.25) is 0 Å². The lowest BCUT2D eigenvalue weighted by atomic mass is 10.1. The van der Waals surface area contributed by atoms with Crippen LogP contribution in [-0.4, -0.2) is 47.3 Å². The Morgan fingerprint density at radius 2 is 2.21 bits per heavy atom. The van der Waals surface area contributed by atoms with Crippen LogP contribution >= 0.6 is 0 Å². The highest BCUT2D eigenvalue weighted by molar-refractivity contribution is 4.92. The summed E-state index contributed by atoms with van der Waals surface area (Å²) in [5, 5.41) is 21.6. The second-order valence-electron chi connectivity index (χ2n) is 3.22. The van der Waals surface area contributed by atoms with Gasteiger partial charge in [0.05, 0.1) is 12.6 Å². The molecule has 1 aliphatic heterocycles. The van der Waals surface area contributed by atoms with Gasteiger partial charge in [-0.1, -0.05) is 5.11 Å². The Balaban J connectivity index is 2.56. The first-order chi connectivity index (χ1) is 6.57. The summed E-state index contributed by atoms with van der Waals surface area (Å²) in [6.07, 6.45) is -5.69. The second kappa shape index (κ2) is 4.56. The molecule has 0 aromatic carbocycles. The zero-order valence-electron chi connectivity index (χ0n) is 7.62. The standard InChI is InChI=1S/C7H12FN3O3/c1-3-5(12)6(13)7(14-3)4(8)2-10-11-9/h3-7,12-13H,2H2,1H3/t3-,4-,5?,6+,7+/m0/s1. The van der Waals surface area contributed by atoms with Crippen molar-refractivity contribution in [2.24, 2.45) is 5.11 Å². The Morgan fingerprint density at radius 3 is 2.64 bits per heavy atom. The molecule has 0 bridgehead atoms. The Morgan fingerprint density at radius 1 is 1.57 bits per heavy atom. The van der Waals surface area contributed by atoms with Crippen molar-refractivity contribution >= 4 is 0 Å². The van der Waals surface area contributed by atoms with Gasteiger partial charge in [-0.25, -0.2) is 4.39 Å². The van der Waals surface area contributed by atoms with Gasteiger partial charge in [0.2, 0.25) is 0 Å². The molecule has 5 atom stereocenters. The lowest BCUT2D eigenvalue weighted by Crippen LogP contribution is -2.38. The van der Waals surface area contributed by atoms with Crippen molar-refractivity contribution in [2.75, 3.05) is 6.54 Å². The van der Waals surface area contributed by atoms with Crippen molar-refractivity contribution in [1.82, 2.24) is 0 Å². The number of ether oxygens (including phenoxy) is 1. The first-order valence-electron chi connectivity index (χ1n) is 4.24. The van der Waals surface area contributed by atoms with Crippen molar-refractivity contribution in [3.63, 3.8) is 0 Å². The molecule has 0 spiro atoms. The maximum atomic E-state index is 13.2. The molecule has 0 radical (unpaired) electrons. The minimum Gasteiger partial charge on any atom is -0.388 e. The molecule has 14 heavy (non-hydrogen) atoms. The van der Waals surface area contributed by atoms with Gasteiger partial charge in [0.1, 0.15) is 24.5 Å². The summed E-state index contributed by atoms with van der Waals surface area (Å²) in [6.45, 7) is 1.13. The van der Waals surface area contributed by atoms with Crippen LogP contribution in [0.3, 0.4) is 0 Å². The highest BCUT2D eigenvalue weighted by atomic mass is 19.1. The normalized spacial score (nSPS) is 39.1. The summed E-state index contributed by atoms with van der Waals surface area (Å²) in [4.78, 5) is 2.40. The van der Waals surface area contributed by atoms with Crippen LogP contribution in [-0.2, 0) is 4.74 Å². The van der Waals surface area contributed by atoms with Gasteiger partial charge in [0.25, 0.3) is 0 Å². The van der Waals surface area contributed by atoms with Crippen LogP contribution in [0.5, 0.6) is 0 Å². The fourth-order valence-corrected chi connectivity index (χ4v) is 1.40. The number of aliphatic hydroxyl groups excluding tert-OH is 2. The Labute approximate surface area is 79.9 Å². The van der Waals surface area contributed by atoms with Crippen molar-refractivity contribution < 1.29 is 19.3 Å². The molecule has 1 unspecified atom stereocenters. The first-order valence-corrected chi connectivity index (χ1v) is 4.24. The Bertz CT molecular complexity index is 246. The summed E-state index contributed by atoms with van der Waals surface area (Å²) < 4.78 is 18.2. The maximum Gasteiger partial charge on any atom is 0.134 e. The van der Waals surface area contributed by atoms with Gasteiger partial charge < -0.3 is 14.9 Å². The van der Waals surface area contributed by atoms with Crippen LogP contribution in [0.25, 0.3) is 10.4 Å². The molecule has 1 fully saturated rings. The smallest absolute Gasteiger partial charge is 0.134 e. The molecule has 1 saturated heterocycles. The second-order valence-corrected chi connectivity index (χ2v) is 3.22. The SMILES string of the molecule is C[C@@H]1O[C@H]([C@@H](F)CN=[N+]=[N-])[C@H](O)C1O. The summed E-state index contributed by atoms with van der Waals surface area (Å²) in [5.41, 5.74) is 7.97. The number of hydrogen-bond donors (Lipinski definition) is 2. The van der Waals surface area contributed by atoms with E-state index in [0.29, 0.717) is 0 Å². The number of nitrogens with zero attached hydrogens (tertiary/aromatic N) is 3. The molecule has 7 heteroatoms. The molecule has 1 heterocycles. The maximum absolute atomic E-state index is 13.2. The van der Waals surface area contributed by atoms with E-state index in [0.717, 1.165) is 0 Å². The van der Waals surface area contributed by atoms with Gasteiger partial charge >= 0.3 is 0 Å². The number of rotatable bonds is 3. The summed E-state index contributed by atoms with van der Waals surface area (Å²) >= 11 is 0. The van der Waals surface area contributed by atoms with E-state index in [2.05, 4.69) is 10.0 Å². The summed E-state index contributed by atoms with van der Waals surface area (Å²) in [6, 6.07) is 0. The zero-order chi connectivity index (χ0) is 10.7. The average molecular weight is 205 g/mol. The van der Waals surface area contributed by atoms with E-state index in [1.54, 1.807) is 0 Å². The lowest BCUT2D eigenvalue weighted by Gasteiger charge is -2.17. The number of halogens is 1. The average Bonchev–Trinajstić information content (AvgIpc) is 2.42. The minimum atomic E-state index is -1.60. The number of hydrogen-bond acceptors (Lipinski definition) is 4. The highest BCUT2D eigenvalue weighted by Crippen LogP contribution is 2.24. The van der Waals surface area contributed by atoms with Crippen molar-refractivity contribution in [2.45, 2.75) is 37.5 Å². The Hall–Kier alpha value is -0.880. The quantitative estimate of drug-likeness (QED) is 0.389. The van der Waals surface area contributed by atoms with Gasteiger partial charge in [0.15, 0.2) is 0 Å². The zero-order valence-corrected chi connectivity index (χ0v) is 7.62. The predicted octanol–water partition coefficient (Wildman–Crippen LogP) is 0.144. The molecule has 0 aromatic rings. The largest absolute Gasteiger partial charge is 0.388 e. The highest BCUT2D eigenvalue weighted by Gasteiger charge is 2.44. The first kappa shape index (κ1) is 11.2. The van der Waals surface area contributed by atoms with E-state index in [-0.39, 0.29) is 0 Å². The number of azide groups is 1. The van der Waals surface area contributed by atoms with Gasteiger partial charge in [0, 0.05) is 4.91 Å². The molecular weight excluding hydrogens is 193 g/mol. The minimum absolute atomic E-state index is 0.405. The van der Waals surface area contributed by atoms with E-state index >= 15 is 0 Å². The third-order valence-corrected chi connectivity index (χ3v) is 2.22. The fourth-order valence-electron chi connectivity index (χ4n) is 1.40. The molecule has 1 rings (SSSR count). The number of alkyl halides is 1. The molecule has 1 aliphatic rings. The summed E-state index contributed by atoms with van der Waals surface area (Å²) in [7, 11) is 0. The van der Waals surface area contributed by atoms with Crippen LogP contribution in [0.15, 0.2) is 5.11 Å². The predicted molar refractivity (Wildman–Crippen MR) is 45.3 cm³/mol. The molecule has 0 aliphatic carbocycles. The fraction of sp³-hybridized carbons (Fsp3) is 1.00. The summed E-state index contributed by atoms with van der Waals surface area (Å²) in [5.74, 6) is 0.